The first kappa shape index (κ1) is 39.6. The van der Waals surface area contributed by atoms with E-state index >= 15 is 0 Å². The number of carbonyl (C=O) groups excluding carboxylic acids is 2. The first-order valence-corrected chi connectivity index (χ1v) is 21.6. The molecule has 0 spiro atoms. The Morgan fingerprint density at radius 1 is 0.508 bits per heavy atom. The van der Waals surface area contributed by atoms with E-state index in [1.165, 1.54) is 16.5 Å². The van der Waals surface area contributed by atoms with Gasteiger partial charge in [0.25, 0.3) is 0 Å². The predicted molar refractivity (Wildman–Crippen MR) is 258 cm³/mol. The summed E-state index contributed by atoms with van der Waals surface area (Å²) in [4.78, 5) is 29.9. The Balaban J connectivity index is 0.990. The number of carbonyl (C=O) groups is 2. The highest BCUT2D eigenvalue weighted by atomic mass is 16.5. The van der Waals surface area contributed by atoms with Crippen LogP contribution in [0.25, 0.3) is 48.7 Å². The molecule has 0 aromatic heterocycles. The summed E-state index contributed by atoms with van der Waals surface area (Å²) in [5.41, 5.74) is 6.65. The van der Waals surface area contributed by atoms with Gasteiger partial charge in [-0.25, -0.2) is 4.79 Å². The van der Waals surface area contributed by atoms with Gasteiger partial charge in [-0.3, -0.25) is 4.79 Å². The van der Waals surface area contributed by atoms with Crippen LogP contribution >= 0.6 is 0 Å². The molecule has 0 N–H and O–H groups in total. The molecule has 1 aliphatic heterocycles. The van der Waals surface area contributed by atoms with Gasteiger partial charge in [-0.2, -0.15) is 0 Å². The van der Waals surface area contributed by atoms with Gasteiger partial charge in [0.2, 0.25) is 0 Å². The summed E-state index contributed by atoms with van der Waals surface area (Å²) >= 11 is 0. The molecule has 0 saturated heterocycles. The van der Waals surface area contributed by atoms with Crippen molar-refractivity contribution in [3.63, 3.8) is 0 Å². The average Bonchev–Trinajstić information content (AvgIpc) is 3.64. The number of allylic oxidation sites excluding steroid dienone is 7. The van der Waals surface area contributed by atoms with E-state index in [0.717, 1.165) is 65.8 Å². The van der Waals surface area contributed by atoms with Crippen molar-refractivity contribution in [2.24, 2.45) is 0 Å². The van der Waals surface area contributed by atoms with Gasteiger partial charge in [0.05, 0.1) is 6.42 Å². The predicted octanol–water partition coefficient (Wildman–Crippen LogP) is 13.7. The quantitative estimate of drug-likeness (QED) is 0.0825. The van der Waals surface area contributed by atoms with Gasteiger partial charge >= 0.3 is 11.9 Å². The third-order valence-electron chi connectivity index (χ3n) is 12.9. The molecule has 0 fully saturated rings. The Labute approximate surface area is 367 Å². The number of benzene rings is 8. The summed E-state index contributed by atoms with van der Waals surface area (Å²) in [6.45, 7) is 8.97. The van der Waals surface area contributed by atoms with Gasteiger partial charge in [0.15, 0.2) is 0 Å². The molecule has 1 aliphatic carbocycles. The molecule has 0 unspecified atom stereocenters. The lowest BCUT2D eigenvalue weighted by Gasteiger charge is -2.26. The zero-order valence-corrected chi connectivity index (χ0v) is 35.9. The van der Waals surface area contributed by atoms with Gasteiger partial charge in [-0.1, -0.05) is 192 Å². The molecule has 8 aromatic carbocycles. The molecule has 8 aromatic rings. The Bertz CT molecular complexity index is 3280. The molecule has 2 aliphatic rings. The molecule has 63 heavy (non-hydrogen) atoms. The summed E-state index contributed by atoms with van der Waals surface area (Å²) in [5.74, 6) is 0.459. The van der Waals surface area contributed by atoms with Gasteiger partial charge in [-0.05, 0) is 84.4 Å². The van der Waals surface area contributed by atoms with E-state index in [1.54, 1.807) is 0 Å². The van der Waals surface area contributed by atoms with E-state index in [0.29, 0.717) is 11.5 Å². The summed E-state index contributed by atoms with van der Waals surface area (Å²) in [6.07, 6.45) is 10.5. The zero-order valence-electron chi connectivity index (χ0n) is 35.9. The Morgan fingerprint density at radius 2 is 1.02 bits per heavy atom. The van der Waals surface area contributed by atoms with Crippen molar-refractivity contribution in [3.05, 3.63) is 216 Å². The molecule has 10 rings (SSSR count). The van der Waals surface area contributed by atoms with Crippen molar-refractivity contribution in [2.75, 3.05) is 11.4 Å². The van der Waals surface area contributed by atoms with E-state index in [9.17, 15) is 9.59 Å². The lowest BCUT2D eigenvalue weighted by atomic mass is 9.79. The molecule has 0 atom stereocenters. The highest BCUT2D eigenvalue weighted by Gasteiger charge is 2.42. The third kappa shape index (κ3) is 7.00. The van der Waals surface area contributed by atoms with Crippen molar-refractivity contribution >= 4 is 66.3 Å². The highest BCUT2D eigenvalue weighted by Crippen LogP contribution is 2.52. The molecule has 5 heteroatoms. The standard InChI is InChI=1S/C58H47NO4/c1-57(2)48(47(46-34-32-40-20-10-14-26-44(40)55(46)57)36-53(60)62-50-29-16-22-38-18-8-12-24-42(38)50)28-6-5-7-31-52-58(3,4)56-45-27-15-11-21-41(45)33-35-49(56)59(52)37-54(61)63-51-30-17-23-39-19-9-13-25-43(39)51/h5-35H,36-37H2,1-4H3/b7-5+,28-6+,52-31+. The second-order valence-electron chi connectivity index (χ2n) is 17.5. The van der Waals surface area contributed by atoms with Crippen molar-refractivity contribution < 1.29 is 19.1 Å². The molecule has 0 amide bonds. The van der Waals surface area contributed by atoms with Crippen LogP contribution in [0.2, 0.25) is 0 Å². The monoisotopic (exact) mass is 821 g/mol. The fourth-order valence-electron chi connectivity index (χ4n) is 10.1. The van der Waals surface area contributed by atoms with Crippen molar-refractivity contribution in [3.8, 4) is 11.5 Å². The van der Waals surface area contributed by atoms with E-state index < -0.39 is 10.8 Å². The Hall–Kier alpha value is -7.50. The maximum absolute atomic E-state index is 13.9. The first-order valence-electron chi connectivity index (χ1n) is 21.6. The van der Waals surface area contributed by atoms with Crippen LogP contribution in [0, 0.1) is 0 Å². The van der Waals surface area contributed by atoms with E-state index in [2.05, 4.69) is 124 Å². The van der Waals surface area contributed by atoms with Crippen LogP contribution in [0.5, 0.6) is 11.5 Å². The van der Waals surface area contributed by atoms with Crippen LogP contribution in [-0.2, 0) is 20.4 Å². The van der Waals surface area contributed by atoms with Crippen molar-refractivity contribution in [1.29, 1.82) is 0 Å². The minimum Gasteiger partial charge on any atom is -0.426 e. The average molecular weight is 822 g/mol. The van der Waals surface area contributed by atoms with Crippen LogP contribution < -0.4 is 14.4 Å². The molecular formula is C58H47NO4. The second-order valence-corrected chi connectivity index (χ2v) is 17.5. The number of anilines is 1. The minimum atomic E-state index is -0.430. The molecule has 1 heterocycles. The topological polar surface area (TPSA) is 55.8 Å². The number of ether oxygens (including phenoxy) is 2. The van der Waals surface area contributed by atoms with Crippen LogP contribution in [-0.4, -0.2) is 18.5 Å². The van der Waals surface area contributed by atoms with Gasteiger partial charge < -0.3 is 14.4 Å². The van der Waals surface area contributed by atoms with Crippen molar-refractivity contribution in [2.45, 2.75) is 44.9 Å². The first-order chi connectivity index (χ1) is 30.6. The van der Waals surface area contributed by atoms with Gasteiger partial charge in [-0.15, -0.1) is 0 Å². The van der Waals surface area contributed by atoms with Crippen LogP contribution in [0.3, 0.4) is 0 Å². The largest absolute Gasteiger partial charge is 0.426 e. The van der Waals surface area contributed by atoms with Crippen molar-refractivity contribution in [1.82, 2.24) is 0 Å². The lowest BCUT2D eigenvalue weighted by Crippen LogP contribution is -2.33. The number of nitrogens with zero attached hydrogens (tertiary/aromatic N) is 1. The van der Waals surface area contributed by atoms with Gasteiger partial charge in [0.1, 0.15) is 18.0 Å². The Kier molecular flexibility index (Phi) is 9.91. The number of esters is 2. The maximum Gasteiger partial charge on any atom is 0.331 e. The number of rotatable bonds is 9. The Morgan fingerprint density at radius 3 is 1.63 bits per heavy atom. The van der Waals surface area contributed by atoms with Gasteiger partial charge in [0, 0.05) is 33.0 Å². The van der Waals surface area contributed by atoms with E-state index in [1.807, 2.05) is 97.1 Å². The normalized spacial score (nSPS) is 15.9. The zero-order chi connectivity index (χ0) is 43.3. The lowest BCUT2D eigenvalue weighted by molar-refractivity contribution is -0.133. The van der Waals surface area contributed by atoms with E-state index in [-0.39, 0.29) is 24.9 Å². The highest BCUT2D eigenvalue weighted by molar-refractivity contribution is 6.01. The summed E-state index contributed by atoms with van der Waals surface area (Å²) < 4.78 is 12.2. The summed E-state index contributed by atoms with van der Waals surface area (Å²) in [7, 11) is 0. The minimum absolute atomic E-state index is 0.0407. The molecule has 0 radical (unpaired) electrons. The van der Waals surface area contributed by atoms with Crippen LogP contribution in [0.4, 0.5) is 5.69 Å². The smallest absolute Gasteiger partial charge is 0.331 e. The van der Waals surface area contributed by atoms with E-state index in [4.69, 9.17) is 9.47 Å². The fourth-order valence-corrected chi connectivity index (χ4v) is 10.1. The number of hydrogen-bond donors (Lipinski definition) is 0. The molecule has 0 saturated carbocycles. The summed E-state index contributed by atoms with van der Waals surface area (Å²) in [5, 5.41) is 8.50. The number of hydrogen-bond acceptors (Lipinski definition) is 5. The fraction of sp³-hybridized carbons (Fsp3) is 0.138. The SMILES string of the molecule is CC1(C)C(/C=C/C=C/C=C2/N(CC(=O)Oc3cccc4ccccc34)c3ccc4ccccc4c3C2(C)C)=C(CC(=O)Oc2cccc3ccccc23)c2ccc3ccccc3c21. The molecule has 5 nitrogen and oxygen atoms in total. The number of fused-ring (bicyclic) bond motifs is 8. The third-order valence-corrected chi connectivity index (χ3v) is 12.9. The molecule has 0 bridgehead atoms. The van der Waals surface area contributed by atoms with Crippen LogP contribution in [0.1, 0.15) is 50.8 Å². The second kappa shape index (κ2) is 15.8. The summed E-state index contributed by atoms with van der Waals surface area (Å²) in [6, 6.07) is 52.9. The molecule has 308 valence electrons. The maximum atomic E-state index is 13.9. The molecular weight excluding hydrogens is 775 g/mol. The van der Waals surface area contributed by atoms with Crippen LogP contribution in [0.15, 0.2) is 199 Å².